The first kappa shape index (κ1) is 20.5. The summed E-state index contributed by atoms with van der Waals surface area (Å²) in [4.78, 5) is 20.4. The highest BCUT2D eigenvalue weighted by atomic mass is 16.5. The van der Waals surface area contributed by atoms with Crippen molar-refractivity contribution in [3.63, 3.8) is 0 Å². The van der Waals surface area contributed by atoms with E-state index >= 15 is 0 Å². The Morgan fingerprint density at radius 3 is 2.76 bits per heavy atom. The number of aliphatic hydroxyl groups excluding tert-OH is 1. The lowest BCUT2D eigenvalue weighted by molar-refractivity contribution is 0.0944. The molecular weight excluding hydrogens is 428 g/mol. The Hall–Kier alpha value is -4.45. The summed E-state index contributed by atoms with van der Waals surface area (Å²) in [5.41, 5.74) is 1.53. The molecular formula is C21H18N8O4. The lowest BCUT2D eigenvalue weighted by atomic mass is 10.2. The monoisotopic (exact) mass is 446 g/mol. The van der Waals surface area contributed by atoms with Crippen molar-refractivity contribution < 1.29 is 19.2 Å². The van der Waals surface area contributed by atoms with Gasteiger partial charge in [0, 0.05) is 30.4 Å². The standard InChI is InChI=1S/C21H18N8O4/c1-12-24-17(28-33-12)19-26-25-18-15-4-2-3-5-16(15)21(27-29(18)19)32-11-14-7-6-13(10-23-14)20(31)22-8-9-30/h2-7,10,30H,8-9,11H2,1H3,(H,22,31). The minimum absolute atomic E-state index is 0.125. The fraction of sp³-hybridized carbons (Fsp3) is 0.190. The molecule has 0 fully saturated rings. The highest BCUT2D eigenvalue weighted by Crippen LogP contribution is 2.28. The third kappa shape index (κ3) is 3.94. The van der Waals surface area contributed by atoms with Gasteiger partial charge in [0.2, 0.25) is 23.4 Å². The van der Waals surface area contributed by atoms with Crippen LogP contribution in [0.15, 0.2) is 47.1 Å². The molecule has 5 rings (SSSR count). The molecule has 12 heteroatoms. The van der Waals surface area contributed by atoms with Crippen LogP contribution in [0.2, 0.25) is 0 Å². The van der Waals surface area contributed by atoms with Gasteiger partial charge >= 0.3 is 0 Å². The summed E-state index contributed by atoms with van der Waals surface area (Å²) in [6.07, 6.45) is 1.45. The molecule has 5 aromatic rings. The van der Waals surface area contributed by atoms with Crippen LogP contribution >= 0.6 is 0 Å². The fourth-order valence-corrected chi connectivity index (χ4v) is 3.25. The Morgan fingerprint density at radius 2 is 2.03 bits per heavy atom. The van der Waals surface area contributed by atoms with Gasteiger partial charge in [0.05, 0.1) is 17.9 Å². The van der Waals surface area contributed by atoms with Gasteiger partial charge < -0.3 is 19.7 Å². The number of hydrogen-bond acceptors (Lipinski definition) is 10. The van der Waals surface area contributed by atoms with E-state index in [1.54, 1.807) is 19.1 Å². The predicted molar refractivity (Wildman–Crippen MR) is 114 cm³/mol. The van der Waals surface area contributed by atoms with Gasteiger partial charge in [-0.15, -0.1) is 15.3 Å². The Kier molecular flexibility index (Phi) is 5.32. The number of aliphatic hydroxyl groups is 1. The molecule has 33 heavy (non-hydrogen) atoms. The second kappa shape index (κ2) is 8.59. The quantitative estimate of drug-likeness (QED) is 0.374. The Balaban J connectivity index is 1.45. The molecule has 0 aliphatic heterocycles. The van der Waals surface area contributed by atoms with Gasteiger partial charge in [-0.1, -0.05) is 23.4 Å². The van der Waals surface area contributed by atoms with Crippen molar-refractivity contribution in [3.8, 4) is 17.5 Å². The van der Waals surface area contributed by atoms with E-state index in [1.807, 2.05) is 24.3 Å². The molecule has 0 unspecified atom stereocenters. The average Bonchev–Trinajstić information content (AvgIpc) is 3.47. The number of rotatable bonds is 7. The number of carbonyl (C=O) groups excluding carboxylic acids is 1. The number of amides is 1. The third-order valence-corrected chi connectivity index (χ3v) is 4.80. The third-order valence-electron chi connectivity index (χ3n) is 4.80. The first-order valence-electron chi connectivity index (χ1n) is 10.1. The Morgan fingerprint density at radius 1 is 1.18 bits per heavy atom. The molecule has 4 heterocycles. The number of ether oxygens (including phenoxy) is 1. The van der Waals surface area contributed by atoms with Crippen molar-refractivity contribution in [2.24, 2.45) is 0 Å². The topological polar surface area (TPSA) is 153 Å². The van der Waals surface area contributed by atoms with Gasteiger partial charge in [-0.2, -0.15) is 9.50 Å². The number of benzene rings is 1. The lowest BCUT2D eigenvalue weighted by Crippen LogP contribution is -2.26. The summed E-state index contributed by atoms with van der Waals surface area (Å²) in [5.74, 6) is 1.04. The maximum Gasteiger partial charge on any atom is 0.252 e. The van der Waals surface area contributed by atoms with Gasteiger partial charge in [-0.25, -0.2) is 0 Å². The highest BCUT2D eigenvalue weighted by Gasteiger charge is 2.19. The summed E-state index contributed by atoms with van der Waals surface area (Å²) >= 11 is 0. The number of aryl methyl sites for hydroxylation is 1. The van der Waals surface area contributed by atoms with Gasteiger partial charge in [-0.05, 0) is 18.2 Å². The summed E-state index contributed by atoms with van der Waals surface area (Å²) in [6, 6.07) is 10.9. The molecule has 1 amide bonds. The van der Waals surface area contributed by atoms with Crippen LogP contribution in [0.25, 0.3) is 28.1 Å². The van der Waals surface area contributed by atoms with Gasteiger partial charge in [0.1, 0.15) is 6.61 Å². The second-order valence-electron chi connectivity index (χ2n) is 7.05. The normalized spacial score (nSPS) is 11.2. The fourth-order valence-electron chi connectivity index (χ4n) is 3.25. The molecule has 0 atom stereocenters. The highest BCUT2D eigenvalue weighted by molar-refractivity contribution is 5.97. The second-order valence-corrected chi connectivity index (χ2v) is 7.05. The number of fused-ring (bicyclic) bond motifs is 3. The average molecular weight is 446 g/mol. The Labute approximate surface area is 186 Å². The first-order chi connectivity index (χ1) is 16.1. The van der Waals surface area contributed by atoms with Gasteiger partial charge in [0.25, 0.3) is 5.91 Å². The number of carbonyl (C=O) groups is 1. The van der Waals surface area contributed by atoms with E-state index in [2.05, 4.69) is 35.7 Å². The number of hydrogen-bond donors (Lipinski definition) is 2. The molecule has 0 bridgehead atoms. The molecule has 12 nitrogen and oxygen atoms in total. The number of nitrogens with zero attached hydrogens (tertiary/aromatic N) is 7. The van der Waals surface area contributed by atoms with Crippen LogP contribution in [0.1, 0.15) is 21.9 Å². The number of nitrogens with one attached hydrogen (secondary N) is 1. The van der Waals surface area contributed by atoms with Crippen LogP contribution in [-0.4, -0.2) is 59.1 Å². The van der Waals surface area contributed by atoms with Crippen molar-refractivity contribution in [1.82, 2.24) is 40.3 Å². The zero-order valence-corrected chi connectivity index (χ0v) is 17.5. The van der Waals surface area contributed by atoms with Crippen molar-refractivity contribution in [1.29, 1.82) is 0 Å². The van der Waals surface area contributed by atoms with Crippen molar-refractivity contribution in [2.75, 3.05) is 13.2 Å². The predicted octanol–water partition coefficient (Wildman–Crippen LogP) is 1.33. The van der Waals surface area contributed by atoms with E-state index in [-0.39, 0.29) is 31.5 Å². The summed E-state index contributed by atoms with van der Waals surface area (Å²) in [5, 5.41) is 29.9. The Bertz CT molecular complexity index is 1440. The van der Waals surface area contributed by atoms with E-state index in [4.69, 9.17) is 14.4 Å². The molecule has 0 saturated heterocycles. The van der Waals surface area contributed by atoms with Crippen LogP contribution in [0, 0.1) is 6.92 Å². The molecule has 0 aliphatic carbocycles. The van der Waals surface area contributed by atoms with E-state index in [1.165, 1.54) is 10.7 Å². The SMILES string of the molecule is Cc1nc(-c2nnc3c4ccccc4c(OCc4ccc(C(=O)NCCO)cn4)nn23)no1. The van der Waals surface area contributed by atoms with E-state index in [9.17, 15) is 4.79 Å². The van der Waals surface area contributed by atoms with Crippen LogP contribution < -0.4 is 10.1 Å². The molecule has 0 saturated carbocycles. The smallest absolute Gasteiger partial charge is 0.252 e. The molecule has 166 valence electrons. The minimum Gasteiger partial charge on any atom is -0.470 e. The van der Waals surface area contributed by atoms with Crippen molar-refractivity contribution in [2.45, 2.75) is 13.5 Å². The zero-order valence-electron chi connectivity index (χ0n) is 17.5. The molecule has 2 N–H and O–H groups in total. The van der Waals surface area contributed by atoms with Crippen LogP contribution in [0.3, 0.4) is 0 Å². The minimum atomic E-state index is -0.307. The van der Waals surface area contributed by atoms with Crippen LogP contribution in [0.4, 0.5) is 0 Å². The zero-order chi connectivity index (χ0) is 22.8. The summed E-state index contributed by atoms with van der Waals surface area (Å²) < 4.78 is 12.6. The molecule has 4 aromatic heterocycles. The lowest BCUT2D eigenvalue weighted by Gasteiger charge is -2.10. The van der Waals surface area contributed by atoms with Crippen molar-refractivity contribution >= 4 is 22.3 Å². The van der Waals surface area contributed by atoms with Gasteiger partial charge in [0.15, 0.2) is 5.65 Å². The van der Waals surface area contributed by atoms with E-state index < -0.39 is 0 Å². The number of pyridine rings is 1. The molecule has 0 spiro atoms. The first-order valence-corrected chi connectivity index (χ1v) is 10.1. The van der Waals surface area contributed by atoms with E-state index in [0.717, 1.165) is 10.8 Å². The molecule has 1 aromatic carbocycles. The van der Waals surface area contributed by atoms with Crippen molar-refractivity contribution in [3.05, 3.63) is 59.7 Å². The summed E-state index contributed by atoms with van der Waals surface area (Å²) in [6.45, 7) is 1.86. The molecule has 0 radical (unpaired) electrons. The maximum atomic E-state index is 12.0. The maximum absolute atomic E-state index is 12.0. The van der Waals surface area contributed by atoms with Crippen LogP contribution in [-0.2, 0) is 6.61 Å². The molecule has 0 aliphatic rings. The van der Waals surface area contributed by atoms with E-state index in [0.29, 0.717) is 34.5 Å². The van der Waals surface area contributed by atoms with Gasteiger partial charge in [-0.3, -0.25) is 9.78 Å². The summed E-state index contributed by atoms with van der Waals surface area (Å²) in [7, 11) is 0. The number of aromatic nitrogens is 7. The van der Waals surface area contributed by atoms with Crippen LogP contribution in [0.5, 0.6) is 5.88 Å². The largest absolute Gasteiger partial charge is 0.470 e.